The Morgan fingerprint density at radius 1 is 1.17 bits per heavy atom. The molecule has 0 bridgehead atoms. The van der Waals surface area contributed by atoms with Crippen LogP contribution in [-0.2, 0) is 16.1 Å². The number of para-hydroxylation sites is 1. The second-order valence-corrected chi connectivity index (χ2v) is 5.15. The quantitative estimate of drug-likeness (QED) is 0.882. The van der Waals surface area contributed by atoms with Crippen LogP contribution in [0.5, 0.6) is 5.75 Å². The van der Waals surface area contributed by atoms with Crippen LogP contribution in [0, 0.1) is 0 Å². The van der Waals surface area contributed by atoms with E-state index < -0.39 is 5.97 Å². The number of carbonyl (C=O) groups is 2. The summed E-state index contributed by atoms with van der Waals surface area (Å²) >= 11 is 0. The zero-order chi connectivity index (χ0) is 16.4. The van der Waals surface area contributed by atoms with Gasteiger partial charge in [-0.15, -0.1) is 0 Å². The number of rotatable bonds is 4. The number of aliphatic carboxylic acids is 1. The molecular formula is C18H15NO4. The van der Waals surface area contributed by atoms with Crippen molar-refractivity contribution in [3.63, 3.8) is 0 Å². The monoisotopic (exact) mass is 309 g/mol. The van der Waals surface area contributed by atoms with Crippen molar-refractivity contribution >= 4 is 23.1 Å². The number of fused-ring (bicyclic) bond motifs is 1. The van der Waals surface area contributed by atoms with E-state index in [0.29, 0.717) is 12.1 Å². The van der Waals surface area contributed by atoms with E-state index >= 15 is 0 Å². The second kappa shape index (κ2) is 5.96. The number of nitrogens with zero attached hydrogens (tertiary/aromatic N) is 1. The van der Waals surface area contributed by atoms with E-state index in [-0.39, 0.29) is 11.5 Å². The van der Waals surface area contributed by atoms with Crippen LogP contribution in [0.1, 0.15) is 11.1 Å². The van der Waals surface area contributed by atoms with Crippen LogP contribution >= 0.6 is 0 Å². The van der Waals surface area contributed by atoms with Gasteiger partial charge in [-0.05, 0) is 23.8 Å². The summed E-state index contributed by atoms with van der Waals surface area (Å²) in [6.07, 6.45) is 0.967. The Morgan fingerprint density at radius 2 is 1.87 bits per heavy atom. The Bertz CT molecular complexity index is 793. The van der Waals surface area contributed by atoms with Gasteiger partial charge in [-0.2, -0.15) is 0 Å². The summed E-state index contributed by atoms with van der Waals surface area (Å²) in [6.45, 7) is 0.372. The predicted octanol–water partition coefficient (Wildman–Crippen LogP) is 2.71. The minimum absolute atomic E-state index is 0.210. The maximum absolute atomic E-state index is 12.6. The SMILES string of the molecule is COc1ccc(CN2C(=O)/C(=C/C(=O)O)c3ccccc32)cc1. The minimum atomic E-state index is -1.13. The Labute approximate surface area is 133 Å². The summed E-state index contributed by atoms with van der Waals surface area (Å²) in [5, 5.41) is 8.99. The molecule has 0 atom stereocenters. The Balaban J connectivity index is 1.96. The van der Waals surface area contributed by atoms with Crippen molar-refractivity contribution in [2.75, 3.05) is 12.0 Å². The lowest BCUT2D eigenvalue weighted by atomic mass is 10.1. The molecule has 0 aromatic heterocycles. The molecule has 0 fully saturated rings. The normalized spacial score (nSPS) is 14.9. The summed E-state index contributed by atoms with van der Waals surface area (Å²) in [5.41, 5.74) is 2.52. The van der Waals surface area contributed by atoms with E-state index in [1.165, 1.54) is 0 Å². The molecule has 1 aliphatic heterocycles. The van der Waals surface area contributed by atoms with Gasteiger partial charge in [0.1, 0.15) is 5.75 Å². The number of methoxy groups -OCH3 is 1. The largest absolute Gasteiger partial charge is 0.497 e. The molecule has 23 heavy (non-hydrogen) atoms. The van der Waals surface area contributed by atoms with Crippen LogP contribution in [0.25, 0.3) is 5.57 Å². The molecule has 0 unspecified atom stereocenters. The van der Waals surface area contributed by atoms with Crippen LogP contribution in [0.3, 0.4) is 0 Å². The van der Waals surface area contributed by atoms with E-state index in [9.17, 15) is 9.59 Å². The number of benzene rings is 2. The first kappa shape index (κ1) is 14.8. The first-order chi connectivity index (χ1) is 11.1. The standard InChI is InChI=1S/C18H15NO4/c1-23-13-8-6-12(7-9-13)11-19-16-5-3-2-4-14(16)15(18(19)22)10-17(20)21/h2-10H,11H2,1H3,(H,20,21)/b15-10+. The molecule has 0 saturated carbocycles. The van der Waals surface area contributed by atoms with Crippen molar-refractivity contribution in [1.82, 2.24) is 0 Å². The van der Waals surface area contributed by atoms with Gasteiger partial charge < -0.3 is 14.7 Å². The number of hydrogen-bond donors (Lipinski definition) is 1. The van der Waals surface area contributed by atoms with Crippen molar-refractivity contribution < 1.29 is 19.4 Å². The van der Waals surface area contributed by atoms with E-state index in [4.69, 9.17) is 9.84 Å². The van der Waals surface area contributed by atoms with Crippen molar-refractivity contribution in [2.45, 2.75) is 6.54 Å². The van der Waals surface area contributed by atoms with Crippen LogP contribution in [0.15, 0.2) is 54.6 Å². The molecule has 1 aliphatic rings. The summed E-state index contributed by atoms with van der Waals surface area (Å²) in [6, 6.07) is 14.6. The van der Waals surface area contributed by atoms with Crippen molar-refractivity contribution in [3.8, 4) is 5.75 Å². The van der Waals surface area contributed by atoms with E-state index in [2.05, 4.69) is 0 Å². The van der Waals surface area contributed by atoms with Crippen LogP contribution in [-0.4, -0.2) is 24.1 Å². The van der Waals surface area contributed by atoms with Gasteiger partial charge in [-0.25, -0.2) is 4.79 Å². The number of carbonyl (C=O) groups excluding carboxylic acids is 1. The lowest BCUT2D eigenvalue weighted by molar-refractivity contribution is -0.131. The average molecular weight is 309 g/mol. The van der Waals surface area contributed by atoms with Gasteiger partial charge in [-0.1, -0.05) is 30.3 Å². The van der Waals surface area contributed by atoms with Crippen molar-refractivity contribution in [1.29, 1.82) is 0 Å². The van der Waals surface area contributed by atoms with Crippen molar-refractivity contribution in [3.05, 3.63) is 65.7 Å². The molecule has 0 aliphatic carbocycles. The van der Waals surface area contributed by atoms with Crippen LogP contribution in [0.4, 0.5) is 5.69 Å². The van der Waals surface area contributed by atoms with Gasteiger partial charge in [0.05, 0.1) is 24.9 Å². The highest BCUT2D eigenvalue weighted by Crippen LogP contribution is 2.37. The third-order valence-corrected chi connectivity index (χ3v) is 3.73. The fourth-order valence-electron chi connectivity index (χ4n) is 2.64. The summed E-state index contributed by atoms with van der Waals surface area (Å²) in [4.78, 5) is 25.2. The van der Waals surface area contributed by atoms with Gasteiger partial charge in [0.15, 0.2) is 0 Å². The smallest absolute Gasteiger partial charge is 0.329 e. The first-order valence-electron chi connectivity index (χ1n) is 7.09. The van der Waals surface area contributed by atoms with Gasteiger partial charge in [0.25, 0.3) is 5.91 Å². The number of carboxylic acid groups (broad SMARTS) is 1. The predicted molar refractivity (Wildman–Crippen MR) is 86.2 cm³/mol. The molecule has 0 saturated heterocycles. The number of ether oxygens (including phenoxy) is 1. The van der Waals surface area contributed by atoms with Gasteiger partial charge >= 0.3 is 5.97 Å². The number of carboxylic acids is 1. The summed E-state index contributed by atoms with van der Waals surface area (Å²) in [7, 11) is 1.60. The highest BCUT2D eigenvalue weighted by atomic mass is 16.5. The van der Waals surface area contributed by atoms with E-state index in [1.807, 2.05) is 36.4 Å². The van der Waals surface area contributed by atoms with Crippen LogP contribution < -0.4 is 9.64 Å². The highest BCUT2D eigenvalue weighted by molar-refractivity contribution is 6.34. The molecule has 1 heterocycles. The summed E-state index contributed by atoms with van der Waals surface area (Å²) < 4.78 is 5.12. The molecule has 116 valence electrons. The van der Waals surface area contributed by atoms with E-state index in [1.54, 1.807) is 24.1 Å². The van der Waals surface area contributed by atoms with Gasteiger partial charge in [-0.3, -0.25) is 4.79 Å². The zero-order valence-corrected chi connectivity index (χ0v) is 12.5. The fourth-order valence-corrected chi connectivity index (χ4v) is 2.64. The topological polar surface area (TPSA) is 66.8 Å². The van der Waals surface area contributed by atoms with Crippen LogP contribution in [0.2, 0.25) is 0 Å². The van der Waals surface area contributed by atoms with Gasteiger partial charge in [0, 0.05) is 11.6 Å². The maximum Gasteiger partial charge on any atom is 0.329 e. The first-order valence-corrected chi connectivity index (χ1v) is 7.09. The molecule has 0 spiro atoms. The zero-order valence-electron chi connectivity index (χ0n) is 12.5. The molecule has 5 heteroatoms. The molecule has 3 rings (SSSR count). The second-order valence-electron chi connectivity index (χ2n) is 5.15. The lowest BCUT2D eigenvalue weighted by Gasteiger charge is -2.17. The Kier molecular flexibility index (Phi) is 3.85. The molecule has 5 nitrogen and oxygen atoms in total. The maximum atomic E-state index is 12.6. The lowest BCUT2D eigenvalue weighted by Crippen LogP contribution is -2.25. The third-order valence-electron chi connectivity index (χ3n) is 3.73. The average Bonchev–Trinajstić information content (AvgIpc) is 2.81. The molecule has 2 aromatic rings. The Morgan fingerprint density at radius 3 is 2.52 bits per heavy atom. The highest BCUT2D eigenvalue weighted by Gasteiger charge is 2.32. The van der Waals surface area contributed by atoms with E-state index in [0.717, 1.165) is 23.1 Å². The minimum Gasteiger partial charge on any atom is -0.497 e. The van der Waals surface area contributed by atoms with Crippen molar-refractivity contribution in [2.24, 2.45) is 0 Å². The van der Waals surface area contributed by atoms with Gasteiger partial charge in [0.2, 0.25) is 0 Å². The molecule has 1 amide bonds. The fraction of sp³-hybridized carbons (Fsp3) is 0.111. The number of anilines is 1. The number of amides is 1. The third kappa shape index (κ3) is 2.81. The Hall–Kier alpha value is -3.08. The number of hydrogen-bond acceptors (Lipinski definition) is 3. The molecular weight excluding hydrogens is 294 g/mol. The molecule has 1 N–H and O–H groups in total. The summed E-state index contributed by atoms with van der Waals surface area (Å²) in [5.74, 6) is -0.688. The molecule has 0 radical (unpaired) electrons. The molecule has 2 aromatic carbocycles.